The largest absolute Gasteiger partial charge is 0.508 e. The van der Waals surface area contributed by atoms with Crippen LogP contribution in [0.15, 0.2) is 54.6 Å². The molecule has 8 nitrogen and oxygen atoms in total. The second kappa shape index (κ2) is 8.73. The van der Waals surface area contributed by atoms with Crippen molar-refractivity contribution in [3.05, 3.63) is 60.2 Å². The Hall–Kier alpha value is -3.10. The zero-order valence-electron chi connectivity index (χ0n) is 15.5. The maximum atomic E-state index is 12.5. The van der Waals surface area contributed by atoms with Crippen LogP contribution in [-0.4, -0.2) is 44.7 Å². The molecule has 0 aromatic heterocycles. The average molecular weight is 386 g/mol. The Kier molecular flexibility index (Phi) is 6.13. The molecule has 28 heavy (non-hydrogen) atoms. The van der Waals surface area contributed by atoms with E-state index in [1.807, 2.05) is 30.3 Å². The number of rotatable bonds is 8. The summed E-state index contributed by atoms with van der Waals surface area (Å²) in [5.41, 5.74) is 6.33. The number of β-lactam (4-membered cyclic amide) rings is 1. The number of methoxy groups -OCH3 is 1. The molecule has 2 N–H and O–H groups in total. The van der Waals surface area contributed by atoms with Gasteiger partial charge >= 0.3 is 6.16 Å². The van der Waals surface area contributed by atoms with E-state index >= 15 is 0 Å². The molecule has 1 atom stereocenters. The molecule has 0 aliphatic carbocycles. The first kappa shape index (κ1) is 19.7. The van der Waals surface area contributed by atoms with E-state index in [-0.39, 0.29) is 32.5 Å². The van der Waals surface area contributed by atoms with E-state index in [2.05, 4.69) is 0 Å². The number of hydrogen-bond acceptors (Lipinski definition) is 7. The van der Waals surface area contributed by atoms with Crippen molar-refractivity contribution in [1.29, 1.82) is 0 Å². The van der Waals surface area contributed by atoms with E-state index in [4.69, 9.17) is 24.7 Å². The van der Waals surface area contributed by atoms with Crippen LogP contribution in [0.5, 0.6) is 5.75 Å². The van der Waals surface area contributed by atoms with E-state index in [9.17, 15) is 9.59 Å². The highest BCUT2D eigenvalue weighted by Crippen LogP contribution is 2.29. The van der Waals surface area contributed by atoms with Crippen LogP contribution in [0.25, 0.3) is 0 Å². The fourth-order valence-electron chi connectivity index (χ4n) is 2.71. The van der Waals surface area contributed by atoms with Gasteiger partial charge in [-0.05, 0) is 29.8 Å². The van der Waals surface area contributed by atoms with Crippen LogP contribution in [0.4, 0.5) is 10.5 Å². The lowest BCUT2D eigenvalue weighted by Crippen LogP contribution is -2.74. The number of benzene rings is 2. The molecule has 0 spiro atoms. The molecule has 2 aromatic rings. The molecule has 0 saturated carbocycles. The van der Waals surface area contributed by atoms with E-state index < -0.39 is 11.7 Å². The third-order valence-corrected chi connectivity index (χ3v) is 4.25. The number of ether oxygens (including phenoxy) is 4. The van der Waals surface area contributed by atoms with Crippen molar-refractivity contribution in [2.24, 2.45) is 5.73 Å². The molecule has 0 bridgehead atoms. The highest BCUT2D eigenvalue weighted by molar-refractivity contribution is 6.07. The smallest absolute Gasteiger partial charge is 0.468 e. The predicted molar refractivity (Wildman–Crippen MR) is 101 cm³/mol. The zero-order chi connectivity index (χ0) is 20.0. The number of nitrogens with two attached hydrogens (primary N) is 1. The van der Waals surface area contributed by atoms with Gasteiger partial charge in [0.15, 0.2) is 6.79 Å². The van der Waals surface area contributed by atoms with Gasteiger partial charge in [0.25, 0.3) is 5.91 Å². The van der Waals surface area contributed by atoms with Gasteiger partial charge in [-0.15, -0.1) is 0 Å². The molecule has 1 amide bonds. The van der Waals surface area contributed by atoms with E-state index in [1.54, 1.807) is 24.3 Å². The van der Waals surface area contributed by atoms with Crippen LogP contribution in [0.2, 0.25) is 0 Å². The van der Waals surface area contributed by atoms with Crippen LogP contribution in [0.3, 0.4) is 0 Å². The summed E-state index contributed by atoms with van der Waals surface area (Å²) in [6.45, 7) is 0.224. The Bertz CT molecular complexity index is 811. The first-order valence-corrected chi connectivity index (χ1v) is 8.68. The second-order valence-electron chi connectivity index (χ2n) is 6.41. The van der Waals surface area contributed by atoms with Crippen molar-refractivity contribution in [1.82, 2.24) is 0 Å². The van der Waals surface area contributed by atoms with Crippen LogP contribution in [0, 0.1) is 0 Å². The Labute approximate surface area is 162 Å². The SMILES string of the molecule is COCOc1ccc(N2CC(N)(COC(=O)OCc3ccccc3)C2=O)cc1. The number of nitrogens with zero attached hydrogens (tertiary/aromatic N) is 1. The summed E-state index contributed by atoms with van der Waals surface area (Å²) in [5, 5.41) is 0. The number of carbonyl (C=O) groups excluding carboxylic acids is 2. The molecule has 1 aliphatic rings. The summed E-state index contributed by atoms with van der Waals surface area (Å²) >= 11 is 0. The fourth-order valence-corrected chi connectivity index (χ4v) is 2.71. The maximum Gasteiger partial charge on any atom is 0.508 e. The van der Waals surface area contributed by atoms with Crippen molar-refractivity contribution in [2.75, 3.05) is 32.0 Å². The second-order valence-corrected chi connectivity index (χ2v) is 6.41. The normalized spacial score (nSPS) is 18.4. The highest BCUT2D eigenvalue weighted by Gasteiger charge is 2.51. The van der Waals surface area contributed by atoms with Crippen LogP contribution in [0.1, 0.15) is 5.56 Å². The molecule has 1 aliphatic heterocycles. The predicted octanol–water partition coefficient (Wildman–Crippen LogP) is 2.07. The van der Waals surface area contributed by atoms with Crippen LogP contribution < -0.4 is 15.4 Å². The number of anilines is 1. The Morgan fingerprint density at radius 2 is 1.82 bits per heavy atom. The highest BCUT2D eigenvalue weighted by atomic mass is 16.7. The lowest BCUT2D eigenvalue weighted by atomic mass is 9.90. The molecular formula is C20H22N2O6. The molecule has 3 rings (SSSR count). The lowest BCUT2D eigenvalue weighted by Gasteiger charge is -2.45. The summed E-state index contributed by atoms with van der Waals surface area (Å²) in [6.07, 6.45) is -0.862. The maximum absolute atomic E-state index is 12.5. The molecular weight excluding hydrogens is 364 g/mol. The third kappa shape index (κ3) is 4.59. The third-order valence-electron chi connectivity index (χ3n) is 4.25. The quantitative estimate of drug-likeness (QED) is 0.421. The van der Waals surface area contributed by atoms with Gasteiger partial charge in [0.2, 0.25) is 0 Å². The Morgan fingerprint density at radius 1 is 1.11 bits per heavy atom. The van der Waals surface area contributed by atoms with Gasteiger partial charge in [0.1, 0.15) is 24.5 Å². The van der Waals surface area contributed by atoms with E-state index in [0.29, 0.717) is 11.4 Å². The Balaban J connectivity index is 1.46. The molecule has 0 radical (unpaired) electrons. The molecule has 1 fully saturated rings. The van der Waals surface area contributed by atoms with Gasteiger partial charge in [-0.3, -0.25) is 4.79 Å². The monoisotopic (exact) mass is 386 g/mol. The zero-order valence-corrected chi connectivity index (χ0v) is 15.5. The first-order valence-electron chi connectivity index (χ1n) is 8.68. The minimum absolute atomic E-state index is 0.0921. The first-order chi connectivity index (χ1) is 13.5. The number of hydrogen-bond donors (Lipinski definition) is 1. The summed E-state index contributed by atoms with van der Waals surface area (Å²) in [6, 6.07) is 16.2. The summed E-state index contributed by atoms with van der Waals surface area (Å²) in [7, 11) is 1.54. The van der Waals surface area contributed by atoms with Gasteiger partial charge in [0, 0.05) is 12.8 Å². The van der Waals surface area contributed by atoms with Crippen LogP contribution >= 0.6 is 0 Å². The number of carbonyl (C=O) groups is 2. The van der Waals surface area contributed by atoms with Gasteiger partial charge in [0.05, 0.1) is 6.54 Å². The average Bonchev–Trinajstić information content (AvgIpc) is 2.74. The Morgan fingerprint density at radius 3 is 2.46 bits per heavy atom. The lowest BCUT2D eigenvalue weighted by molar-refractivity contribution is -0.131. The van der Waals surface area contributed by atoms with E-state index in [0.717, 1.165) is 5.56 Å². The topological polar surface area (TPSA) is 100 Å². The van der Waals surface area contributed by atoms with Gasteiger partial charge in [-0.2, -0.15) is 0 Å². The van der Waals surface area contributed by atoms with Gasteiger partial charge in [-0.1, -0.05) is 30.3 Å². The van der Waals surface area contributed by atoms with Crippen molar-refractivity contribution in [3.63, 3.8) is 0 Å². The van der Waals surface area contributed by atoms with Crippen LogP contribution in [-0.2, 0) is 25.6 Å². The molecule has 8 heteroatoms. The minimum Gasteiger partial charge on any atom is -0.468 e. The standard InChI is InChI=1S/C20H22N2O6/c1-25-14-28-17-9-7-16(8-10-17)22-12-20(21,18(22)23)13-27-19(24)26-11-15-5-3-2-4-6-15/h2-10H,11-14,21H2,1H3. The summed E-state index contributed by atoms with van der Waals surface area (Å²) in [5.74, 6) is 0.302. The summed E-state index contributed by atoms with van der Waals surface area (Å²) < 4.78 is 20.2. The fraction of sp³-hybridized carbons (Fsp3) is 0.300. The van der Waals surface area contributed by atoms with Gasteiger partial charge in [-0.25, -0.2) is 4.79 Å². The molecule has 2 aromatic carbocycles. The van der Waals surface area contributed by atoms with E-state index in [1.165, 1.54) is 12.0 Å². The molecule has 1 unspecified atom stereocenters. The van der Waals surface area contributed by atoms with Crippen molar-refractivity contribution in [2.45, 2.75) is 12.1 Å². The number of amides is 1. The van der Waals surface area contributed by atoms with Crippen molar-refractivity contribution < 1.29 is 28.5 Å². The van der Waals surface area contributed by atoms with Crippen molar-refractivity contribution in [3.8, 4) is 5.75 Å². The molecule has 148 valence electrons. The summed E-state index contributed by atoms with van der Waals surface area (Å²) in [4.78, 5) is 25.7. The minimum atomic E-state index is -1.25. The molecule has 1 heterocycles. The van der Waals surface area contributed by atoms with Crippen molar-refractivity contribution >= 4 is 17.7 Å². The molecule has 1 saturated heterocycles. The van der Waals surface area contributed by atoms with Gasteiger partial charge < -0.3 is 29.6 Å².